The Morgan fingerprint density at radius 3 is 2.17 bits per heavy atom. The Morgan fingerprint density at radius 2 is 1.45 bits per heavy atom. The first-order valence-electron chi connectivity index (χ1n) is 16.7. The number of ether oxygens (including phenoxy) is 2. The second-order valence-electron chi connectivity index (χ2n) is 11.1. The zero-order chi connectivity index (χ0) is 29.0. The standard InChI is InChI=1S/C31H63NO6SSi/c1-4-7-10-12-13-19-31(33)39-27-17-28-40(37-26-20-30(18-9-6-3)29-32-38-40)36-25-16-24-35-23-15-22-34-21-14-11-8-5-2/h30,32H,4-29H2,1-3H3. The van der Waals surface area contributed by atoms with Crippen molar-refractivity contribution in [3.05, 3.63) is 0 Å². The number of hydrogen-bond donors (Lipinski definition) is 1. The van der Waals surface area contributed by atoms with E-state index in [1.54, 1.807) is 0 Å². The molecule has 1 N–H and O–H groups in total. The van der Waals surface area contributed by atoms with Crippen LogP contribution in [0.2, 0.25) is 6.04 Å². The summed E-state index contributed by atoms with van der Waals surface area (Å²) in [7, 11) is -2.85. The first kappa shape index (κ1) is 38.0. The van der Waals surface area contributed by atoms with Crippen LogP contribution in [0.15, 0.2) is 0 Å². The van der Waals surface area contributed by atoms with Crippen molar-refractivity contribution in [1.82, 2.24) is 5.48 Å². The number of unbranched alkanes of at least 4 members (excludes halogenated alkanes) is 8. The second kappa shape index (κ2) is 27.8. The smallest absolute Gasteiger partial charge is 0.381 e. The molecule has 0 spiro atoms. The minimum absolute atomic E-state index is 0.309. The molecule has 2 unspecified atom stereocenters. The summed E-state index contributed by atoms with van der Waals surface area (Å²) in [5, 5.41) is 0.309. The van der Waals surface area contributed by atoms with Crippen molar-refractivity contribution in [2.75, 3.05) is 51.9 Å². The summed E-state index contributed by atoms with van der Waals surface area (Å²) in [6, 6.07) is 0.729. The van der Waals surface area contributed by atoms with Crippen molar-refractivity contribution in [1.29, 1.82) is 0 Å². The number of rotatable bonds is 27. The number of carbonyl (C=O) groups excluding carboxylic acids is 1. The van der Waals surface area contributed by atoms with E-state index in [9.17, 15) is 4.79 Å². The van der Waals surface area contributed by atoms with Gasteiger partial charge in [0.1, 0.15) is 0 Å². The molecule has 238 valence electrons. The second-order valence-corrected chi connectivity index (χ2v) is 14.9. The van der Waals surface area contributed by atoms with Gasteiger partial charge in [-0.25, -0.2) is 5.48 Å². The molecular formula is C31H63NO6SSi. The molecule has 0 aromatic rings. The molecule has 1 rings (SSSR count). The molecule has 1 aliphatic rings. The largest absolute Gasteiger partial charge is 0.517 e. The fourth-order valence-corrected chi connectivity index (χ4v) is 8.14. The van der Waals surface area contributed by atoms with Gasteiger partial charge in [0.2, 0.25) is 0 Å². The summed E-state index contributed by atoms with van der Waals surface area (Å²) in [6.45, 7) is 11.8. The first-order valence-corrected chi connectivity index (χ1v) is 19.6. The highest BCUT2D eigenvalue weighted by atomic mass is 32.2. The molecule has 1 fully saturated rings. The molecule has 1 saturated heterocycles. The molecule has 40 heavy (non-hydrogen) atoms. The minimum Gasteiger partial charge on any atom is -0.381 e. The molecule has 2 atom stereocenters. The lowest BCUT2D eigenvalue weighted by Gasteiger charge is -2.33. The number of carbonyl (C=O) groups is 1. The van der Waals surface area contributed by atoms with Gasteiger partial charge < -0.3 is 18.3 Å². The van der Waals surface area contributed by atoms with Gasteiger partial charge in [-0.1, -0.05) is 90.3 Å². The summed E-state index contributed by atoms with van der Waals surface area (Å²) in [6.07, 6.45) is 18.8. The van der Waals surface area contributed by atoms with Gasteiger partial charge in [0, 0.05) is 64.4 Å². The third-order valence-electron chi connectivity index (χ3n) is 7.26. The lowest BCUT2D eigenvalue weighted by Crippen LogP contribution is -2.52. The van der Waals surface area contributed by atoms with E-state index >= 15 is 0 Å². The van der Waals surface area contributed by atoms with Crippen LogP contribution in [0.4, 0.5) is 0 Å². The highest BCUT2D eigenvalue weighted by molar-refractivity contribution is 8.13. The van der Waals surface area contributed by atoms with E-state index in [0.717, 1.165) is 83.1 Å². The van der Waals surface area contributed by atoms with Gasteiger partial charge in [-0.15, -0.1) is 0 Å². The molecule has 1 aliphatic heterocycles. The van der Waals surface area contributed by atoms with Crippen molar-refractivity contribution >= 4 is 25.7 Å². The third kappa shape index (κ3) is 21.7. The first-order chi connectivity index (χ1) is 19.7. The summed E-state index contributed by atoms with van der Waals surface area (Å²) in [5.41, 5.74) is 3.22. The van der Waals surface area contributed by atoms with Crippen LogP contribution in [-0.2, 0) is 27.6 Å². The van der Waals surface area contributed by atoms with Crippen LogP contribution in [0.25, 0.3) is 0 Å². The Morgan fingerprint density at radius 1 is 0.800 bits per heavy atom. The van der Waals surface area contributed by atoms with Crippen LogP contribution >= 0.6 is 11.8 Å². The number of hydroxylamine groups is 1. The molecule has 0 saturated carbocycles. The molecule has 1 heterocycles. The SMILES string of the molecule is CCCCCCCC(=O)SCCC[Si]1(OCCCOCCCOCCCCCC)OCCC(CCCC)CNO1. The average molecular weight is 606 g/mol. The molecule has 9 heteroatoms. The Hall–Kier alpha value is -0.00312. The van der Waals surface area contributed by atoms with Crippen molar-refractivity contribution in [2.24, 2.45) is 5.92 Å². The lowest BCUT2D eigenvalue weighted by atomic mass is 9.99. The van der Waals surface area contributed by atoms with Crippen molar-refractivity contribution in [3.63, 3.8) is 0 Å². The average Bonchev–Trinajstić information content (AvgIpc) is 2.94. The Labute approximate surface area is 252 Å². The van der Waals surface area contributed by atoms with E-state index in [-0.39, 0.29) is 0 Å². The monoisotopic (exact) mass is 605 g/mol. The summed E-state index contributed by atoms with van der Waals surface area (Å²) in [5.74, 6) is 1.37. The summed E-state index contributed by atoms with van der Waals surface area (Å²) in [4.78, 5) is 12.3. The number of thioether (sulfide) groups is 1. The predicted octanol–water partition coefficient (Wildman–Crippen LogP) is 8.09. The van der Waals surface area contributed by atoms with E-state index in [0.29, 0.717) is 37.3 Å². The fraction of sp³-hybridized carbons (Fsp3) is 0.968. The zero-order valence-corrected chi connectivity index (χ0v) is 28.1. The van der Waals surface area contributed by atoms with Crippen LogP contribution in [0, 0.1) is 5.92 Å². The van der Waals surface area contributed by atoms with Crippen LogP contribution in [0.1, 0.15) is 130 Å². The molecule has 0 amide bonds. The number of nitrogens with one attached hydrogen (secondary N) is 1. The molecule has 0 aliphatic carbocycles. The molecule has 7 nitrogen and oxygen atoms in total. The van der Waals surface area contributed by atoms with Crippen LogP contribution < -0.4 is 5.48 Å². The van der Waals surface area contributed by atoms with E-state index in [2.05, 4.69) is 26.3 Å². The van der Waals surface area contributed by atoms with Gasteiger partial charge >= 0.3 is 8.80 Å². The van der Waals surface area contributed by atoms with Gasteiger partial charge in [-0.2, -0.15) is 0 Å². The van der Waals surface area contributed by atoms with E-state index in [1.807, 2.05) is 0 Å². The normalized spacial score (nSPS) is 19.9. The summed E-state index contributed by atoms with van der Waals surface area (Å²) >= 11 is 1.46. The molecule has 0 aromatic carbocycles. The van der Waals surface area contributed by atoms with Crippen LogP contribution in [0.5, 0.6) is 0 Å². The maximum absolute atomic E-state index is 12.3. The van der Waals surface area contributed by atoms with E-state index in [4.69, 9.17) is 22.9 Å². The van der Waals surface area contributed by atoms with Crippen molar-refractivity contribution < 1.29 is 27.6 Å². The molecule has 0 bridgehead atoms. The Balaban J connectivity index is 2.31. The molecular weight excluding hydrogens is 542 g/mol. The van der Waals surface area contributed by atoms with Crippen LogP contribution in [-0.4, -0.2) is 65.9 Å². The zero-order valence-electron chi connectivity index (χ0n) is 26.3. The van der Waals surface area contributed by atoms with E-state index < -0.39 is 8.80 Å². The maximum atomic E-state index is 12.3. The fourth-order valence-electron chi connectivity index (χ4n) is 4.69. The topological polar surface area (TPSA) is 75.3 Å². The molecule has 0 radical (unpaired) electrons. The van der Waals surface area contributed by atoms with Gasteiger partial charge in [-0.3, -0.25) is 9.32 Å². The Kier molecular flexibility index (Phi) is 26.4. The predicted molar refractivity (Wildman–Crippen MR) is 170 cm³/mol. The quantitative estimate of drug-likeness (QED) is 0.0744. The van der Waals surface area contributed by atoms with Crippen molar-refractivity contribution in [3.8, 4) is 0 Å². The lowest BCUT2D eigenvalue weighted by molar-refractivity contribution is -0.111. The Bertz CT molecular complexity index is 564. The third-order valence-corrected chi connectivity index (χ3v) is 11.0. The molecule has 0 aromatic heterocycles. The van der Waals surface area contributed by atoms with Gasteiger partial charge in [0.15, 0.2) is 5.12 Å². The maximum Gasteiger partial charge on any atom is 0.517 e. The highest BCUT2D eigenvalue weighted by Crippen LogP contribution is 2.24. The van der Waals surface area contributed by atoms with Gasteiger partial charge in [0.25, 0.3) is 0 Å². The van der Waals surface area contributed by atoms with Crippen molar-refractivity contribution in [2.45, 2.75) is 136 Å². The van der Waals surface area contributed by atoms with Crippen LogP contribution in [0.3, 0.4) is 0 Å². The highest BCUT2D eigenvalue weighted by Gasteiger charge is 2.42. The van der Waals surface area contributed by atoms with Gasteiger partial charge in [0.05, 0.1) is 0 Å². The summed E-state index contributed by atoms with van der Waals surface area (Å²) < 4.78 is 30.4. The minimum atomic E-state index is -2.85. The van der Waals surface area contributed by atoms with Gasteiger partial charge in [-0.05, 0) is 50.9 Å². The number of hydrogen-bond acceptors (Lipinski definition) is 8. The van der Waals surface area contributed by atoms with E-state index in [1.165, 1.54) is 69.5 Å².